The first-order chi connectivity index (χ1) is 8.19. The van der Waals surface area contributed by atoms with Gasteiger partial charge in [-0.1, -0.05) is 0 Å². The predicted octanol–water partition coefficient (Wildman–Crippen LogP) is 2.12. The second-order valence-corrected chi connectivity index (χ2v) is 3.66. The molecule has 0 atom stereocenters. The molecule has 2 rings (SSSR count). The molecule has 0 unspecified atom stereocenters. The first-order valence-corrected chi connectivity index (χ1v) is 5.18. The Labute approximate surface area is 99.7 Å². The number of methoxy groups -OCH3 is 1. The molecular formula is C12H14N4O. The molecule has 2 aromatic rings. The molecule has 0 bridgehead atoms. The molecule has 0 saturated carbocycles. The Hall–Kier alpha value is -2.30. The fourth-order valence-corrected chi connectivity index (χ4v) is 1.41. The summed E-state index contributed by atoms with van der Waals surface area (Å²) < 4.78 is 4.98. The number of hydrogen-bond acceptors (Lipinski definition) is 5. The van der Waals surface area contributed by atoms with E-state index >= 15 is 0 Å². The third-order valence-corrected chi connectivity index (χ3v) is 2.26. The molecule has 0 aromatic carbocycles. The molecule has 0 radical (unpaired) electrons. The van der Waals surface area contributed by atoms with Crippen LogP contribution in [0.3, 0.4) is 0 Å². The summed E-state index contributed by atoms with van der Waals surface area (Å²) >= 11 is 0. The van der Waals surface area contributed by atoms with E-state index in [0.717, 1.165) is 11.3 Å². The molecule has 0 aliphatic heterocycles. The highest BCUT2D eigenvalue weighted by Crippen LogP contribution is 2.21. The van der Waals surface area contributed by atoms with Gasteiger partial charge in [0.15, 0.2) is 5.82 Å². The standard InChI is InChI=1S/C12H14N4O/c1-8-5-10(13)12(15-6-8)16-9-3-4-11(17-2)14-7-9/h3-7H,13H2,1-2H3,(H,15,16). The van der Waals surface area contributed by atoms with E-state index in [2.05, 4.69) is 15.3 Å². The largest absolute Gasteiger partial charge is 0.481 e. The number of hydrogen-bond donors (Lipinski definition) is 2. The number of aryl methyl sites for hydroxylation is 1. The predicted molar refractivity (Wildman–Crippen MR) is 67.5 cm³/mol. The van der Waals surface area contributed by atoms with Gasteiger partial charge in [-0.3, -0.25) is 0 Å². The van der Waals surface area contributed by atoms with Crippen LogP contribution in [0.1, 0.15) is 5.56 Å². The smallest absolute Gasteiger partial charge is 0.213 e. The van der Waals surface area contributed by atoms with Gasteiger partial charge in [-0.05, 0) is 24.6 Å². The molecule has 5 nitrogen and oxygen atoms in total. The van der Waals surface area contributed by atoms with Crippen molar-refractivity contribution in [2.45, 2.75) is 6.92 Å². The first-order valence-electron chi connectivity index (χ1n) is 5.18. The Bertz CT molecular complexity index is 510. The number of nitrogens with one attached hydrogen (secondary N) is 1. The molecule has 0 fully saturated rings. The Morgan fingerprint density at radius 1 is 1.24 bits per heavy atom. The summed E-state index contributed by atoms with van der Waals surface area (Å²) in [7, 11) is 1.58. The quantitative estimate of drug-likeness (QED) is 0.844. The number of anilines is 3. The second-order valence-electron chi connectivity index (χ2n) is 3.66. The number of nitrogens with two attached hydrogens (primary N) is 1. The monoisotopic (exact) mass is 230 g/mol. The van der Waals surface area contributed by atoms with Crippen LogP contribution in [0.2, 0.25) is 0 Å². The van der Waals surface area contributed by atoms with Gasteiger partial charge in [0.2, 0.25) is 5.88 Å². The van der Waals surface area contributed by atoms with Crippen LogP contribution in [0.5, 0.6) is 5.88 Å². The van der Waals surface area contributed by atoms with Crippen molar-refractivity contribution >= 4 is 17.2 Å². The molecule has 0 aliphatic carbocycles. The molecule has 17 heavy (non-hydrogen) atoms. The van der Waals surface area contributed by atoms with Crippen LogP contribution >= 0.6 is 0 Å². The van der Waals surface area contributed by atoms with Gasteiger partial charge in [-0.15, -0.1) is 0 Å². The maximum Gasteiger partial charge on any atom is 0.213 e. The fraction of sp³-hybridized carbons (Fsp3) is 0.167. The van der Waals surface area contributed by atoms with Crippen LogP contribution < -0.4 is 15.8 Å². The Morgan fingerprint density at radius 3 is 2.65 bits per heavy atom. The molecular weight excluding hydrogens is 216 g/mol. The average molecular weight is 230 g/mol. The Morgan fingerprint density at radius 2 is 2.06 bits per heavy atom. The van der Waals surface area contributed by atoms with Gasteiger partial charge in [0, 0.05) is 12.3 Å². The third-order valence-electron chi connectivity index (χ3n) is 2.26. The van der Waals surface area contributed by atoms with Crippen LogP contribution in [-0.2, 0) is 0 Å². The minimum atomic E-state index is 0.570. The number of nitrogens with zero attached hydrogens (tertiary/aromatic N) is 2. The normalized spacial score (nSPS) is 10.0. The van der Waals surface area contributed by atoms with E-state index in [4.69, 9.17) is 10.5 Å². The molecule has 3 N–H and O–H groups in total. The highest BCUT2D eigenvalue weighted by molar-refractivity contribution is 5.68. The summed E-state index contributed by atoms with van der Waals surface area (Å²) in [6, 6.07) is 5.49. The van der Waals surface area contributed by atoms with Crippen LogP contribution in [0.15, 0.2) is 30.6 Å². The molecule has 0 amide bonds. The zero-order valence-electron chi connectivity index (χ0n) is 9.77. The number of pyridine rings is 2. The molecule has 0 saturated heterocycles. The van der Waals surface area contributed by atoms with Gasteiger partial charge < -0.3 is 15.8 Å². The second kappa shape index (κ2) is 4.69. The molecule has 88 valence electrons. The van der Waals surface area contributed by atoms with E-state index in [-0.39, 0.29) is 0 Å². The van der Waals surface area contributed by atoms with Crippen molar-refractivity contribution in [3.8, 4) is 5.88 Å². The van der Waals surface area contributed by atoms with Crippen LogP contribution in [0.4, 0.5) is 17.2 Å². The molecule has 0 spiro atoms. The Balaban J connectivity index is 2.19. The summed E-state index contributed by atoms with van der Waals surface area (Å²) in [5.74, 6) is 1.20. The highest BCUT2D eigenvalue weighted by Gasteiger charge is 2.02. The third kappa shape index (κ3) is 2.63. The topological polar surface area (TPSA) is 73.1 Å². The van der Waals surface area contributed by atoms with Gasteiger partial charge in [-0.2, -0.15) is 0 Å². The summed E-state index contributed by atoms with van der Waals surface area (Å²) in [4.78, 5) is 8.31. The molecule has 0 aliphatic rings. The Kier molecular flexibility index (Phi) is 3.09. The lowest BCUT2D eigenvalue weighted by atomic mass is 10.3. The van der Waals surface area contributed by atoms with E-state index in [1.54, 1.807) is 25.6 Å². The minimum Gasteiger partial charge on any atom is -0.481 e. The van der Waals surface area contributed by atoms with Crippen LogP contribution in [0.25, 0.3) is 0 Å². The van der Waals surface area contributed by atoms with Crippen LogP contribution in [0, 0.1) is 6.92 Å². The van der Waals surface area contributed by atoms with Gasteiger partial charge in [0.25, 0.3) is 0 Å². The van der Waals surface area contributed by atoms with E-state index in [1.165, 1.54) is 0 Å². The van der Waals surface area contributed by atoms with Crippen molar-refractivity contribution in [1.29, 1.82) is 0 Å². The van der Waals surface area contributed by atoms with Gasteiger partial charge in [0.1, 0.15) is 0 Å². The van der Waals surface area contributed by atoms with E-state index in [1.807, 2.05) is 19.1 Å². The lowest BCUT2D eigenvalue weighted by Gasteiger charge is -2.08. The first kappa shape index (κ1) is 11.2. The molecule has 2 aromatic heterocycles. The lowest BCUT2D eigenvalue weighted by molar-refractivity contribution is 0.398. The van der Waals surface area contributed by atoms with E-state index < -0.39 is 0 Å². The molecule has 2 heterocycles. The van der Waals surface area contributed by atoms with Crippen molar-refractivity contribution in [2.75, 3.05) is 18.2 Å². The maximum atomic E-state index is 5.86. The average Bonchev–Trinajstić information content (AvgIpc) is 2.34. The van der Waals surface area contributed by atoms with Crippen molar-refractivity contribution in [1.82, 2.24) is 9.97 Å². The molecule has 5 heteroatoms. The van der Waals surface area contributed by atoms with Crippen LogP contribution in [-0.4, -0.2) is 17.1 Å². The zero-order valence-corrected chi connectivity index (χ0v) is 9.77. The number of rotatable bonds is 3. The number of ether oxygens (including phenoxy) is 1. The van der Waals surface area contributed by atoms with E-state index in [0.29, 0.717) is 17.4 Å². The summed E-state index contributed by atoms with van der Waals surface area (Å²) in [6.45, 7) is 1.95. The summed E-state index contributed by atoms with van der Waals surface area (Å²) in [5, 5.41) is 3.10. The number of nitrogen functional groups attached to an aromatic ring is 1. The van der Waals surface area contributed by atoms with Gasteiger partial charge >= 0.3 is 0 Å². The van der Waals surface area contributed by atoms with Crippen molar-refractivity contribution in [3.63, 3.8) is 0 Å². The lowest BCUT2D eigenvalue weighted by Crippen LogP contribution is -2.00. The van der Waals surface area contributed by atoms with Crippen molar-refractivity contribution in [2.24, 2.45) is 0 Å². The fourth-order valence-electron chi connectivity index (χ4n) is 1.41. The van der Waals surface area contributed by atoms with Crippen molar-refractivity contribution < 1.29 is 4.74 Å². The minimum absolute atomic E-state index is 0.570. The highest BCUT2D eigenvalue weighted by atomic mass is 16.5. The van der Waals surface area contributed by atoms with Gasteiger partial charge in [0.05, 0.1) is 24.7 Å². The van der Waals surface area contributed by atoms with Gasteiger partial charge in [-0.25, -0.2) is 9.97 Å². The maximum absolute atomic E-state index is 5.86. The summed E-state index contributed by atoms with van der Waals surface area (Å²) in [6.07, 6.45) is 3.43. The number of aromatic nitrogens is 2. The van der Waals surface area contributed by atoms with E-state index in [9.17, 15) is 0 Å². The SMILES string of the molecule is COc1ccc(Nc2ncc(C)cc2N)cn1. The zero-order chi connectivity index (χ0) is 12.3. The van der Waals surface area contributed by atoms with Crippen molar-refractivity contribution in [3.05, 3.63) is 36.2 Å². The summed E-state index contributed by atoms with van der Waals surface area (Å²) in [5.41, 5.74) is 8.31.